The van der Waals surface area contributed by atoms with Gasteiger partial charge in [-0.1, -0.05) is 0 Å². The molecule has 0 fully saturated rings. The van der Waals surface area contributed by atoms with Crippen molar-refractivity contribution in [1.82, 2.24) is 19.5 Å². The number of alkyl halides is 5. The summed E-state index contributed by atoms with van der Waals surface area (Å²) in [6.07, 6.45) is -5.22. The Kier molecular flexibility index (Phi) is 4.78. The number of aryl methyl sites for hydroxylation is 2. The van der Waals surface area contributed by atoms with Crippen molar-refractivity contribution in [2.45, 2.75) is 32.5 Å². The van der Waals surface area contributed by atoms with Gasteiger partial charge < -0.3 is 4.74 Å². The molecular weight excluding hydrogens is 351 g/mol. The van der Waals surface area contributed by atoms with Crippen molar-refractivity contribution < 1.29 is 26.7 Å². The van der Waals surface area contributed by atoms with Gasteiger partial charge in [0.15, 0.2) is 0 Å². The second-order valence-electron chi connectivity index (χ2n) is 5.16. The van der Waals surface area contributed by atoms with E-state index >= 15 is 0 Å². The highest BCUT2D eigenvalue weighted by atomic mass is 19.4. The van der Waals surface area contributed by atoms with Crippen LogP contribution in [-0.2, 0) is 12.5 Å². The van der Waals surface area contributed by atoms with Crippen LogP contribution in [0.2, 0.25) is 0 Å². The molecule has 6 nitrogen and oxygen atoms in total. The summed E-state index contributed by atoms with van der Waals surface area (Å²) >= 11 is 0. The number of hydrogen-bond acceptors (Lipinski definition) is 5. The number of methoxy groups -OCH3 is 1. The third-order valence-electron chi connectivity index (χ3n) is 3.37. The molecule has 0 aliphatic carbocycles. The van der Waals surface area contributed by atoms with Gasteiger partial charge in [0.2, 0.25) is 5.88 Å². The molecule has 136 valence electrons. The molecule has 0 radical (unpaired) electrons. The molecular formula is C14H13F5N4O2. The molecule has 0 aromatic carbocycles. The molecule has 0 atom stereocenters. The van der Waals surface area contributed by atoms with Gasteiger partial charge in [0.25, 0.3) is 5.56 Å². The van der Waals surface area contributed by atoms with E-state index in [1.54, 1.807) is 13.8 Å². The summed E-state index contributed by atoms with van der Waals surface area (Å²) in [6, 6.07) is 0.157. The number of hydrogen-bond donors (Lipinski definition) is 0. The lowest BCUT2D eigenvalue weighted by atomic mass is 10.2. The van der Waals surface area contributed by atoms with E-state index in [-0.39, 0.29) is 18.5 Å². The van der Waals surface area contributed by atoms with E-state index in [1.807, 2.05) is 0 Å². The third-order valence-corrected chi connectivity index (χ3v) is 3.37. The fourth-order valence-corrected chi connectivity index (χ4v) is 2.09. The normalized spacial score (nSPS) is 12.3. The molecule has 0 saturated heterocycles. The highest BCUT2D eigenvalue weighted by Gasteiger charge is 2.60. The minimum atomic E-state index is -5.84. The Morgan fingerprint density at radius 3 is 2.32 bits per heavy atom. The summed E-state index contributed by atoms with van der Waals surface area (Å²) < 4.78 is 69.5. The molecule has 0 bridgehead atoms. The lowest BCUT2D eigenvalue weighted by Crippen LogP contribution is -2.36. The molecule has 0 N–H and O–H groups in total. The van der Waals surface area contributed by atoms with Crippen molar-refractivity contribution in [2.75, 3.05) is 7.11 Å². The van der Waals surface area contributed by atoms with Crippen molar-refractivity contribution in [2.24, 2.45) is 0 Å². The van der Waals surface area contributed by atoms with E-state index in [0.29, 0.717) is 23.4 Å². The second kappa shape index (κ2) is 6.37. The highest BCUT2D eigenvalue weighted by molar-refractivity contribution is 5.30. The number of nitrogens with zero attached hydrogens (tertiary/aromatic N) is 4. The zero-order valence-electron chi connectivity index (χ0n) is 13.4. The summed E-state index contributed by atoms with van der Waals surface area (Å²) in [4.78, 5) is 23.2. The Morgan fingerprint density at radius 2 is 1.80 bits per heavy atom. The smallest absolute Gasteiger partial charge is 0.459 e. The minimum absolute atomic E-state index is 0.157. The van der Waals surface area contributed by atoms with Crippen LogP contribution in [0.5, 0.6) is 5.88 Å². The van der Waals surface area contributed by atoms with Crippen molar-refractivity contribution in [3.05, 3.63) is 45.5 Å². The van der Waals surface area contributed by atoms with Gasteiger partial charge in [-0.3, -0.25) is 9.36 Å². The Labute approximate surface area is 138 Å². The van der Waals surface area contributed by atoms with Gasteiger partial charge in [-0.25, -0.2) is 9.97 Å². The van der Waals surface area contributed by atoms with Crippen molar-refractivity contribution in [3.8, 4) is 5.88 Å². The lowest BCUT2D eigenvalue weighted by Gasteiger charge is -2.19. The fourth-order valence-electron chi connectivity index (χ4n) is 2.09. The Hall–Kier alpha value is -2.59. The van der Waals surface area contributed by atoms with Gasteiger partial charge in [-0.15, -0.1) is 0 Å². The molecule has 2 aromatic rings. The molecule has 0 spiro atoms. The molecule has 11 heteroatoms. The number of ether oxygens (including phenoxy) is 1. The Morgan fingerprint density at radius 1 is 1.16 bits per heavy atom. The number of rotatable bonds is 4. The molecule has 2 heterocycles. The van der Waals surface area contributed by atoms with Crippen LogP contribution in [0.25, 0.3) is 0 Å². The fraction of sp³-hybridized carbons (Fsp3) is 0.429. The summed E-state index contributed by atoms with van der Waals surface area (Å²) in [7, 11) is 1.35. The predicted molar refractivity (Wildman–Crippen MR) is 75.6 cm³/mol. The largest absolute Gasteiger partial charge is 0.481 e. The van der Waals surface area contributed by atoms with E-state index in [0.717, 1.165) is 4.57 Å². The second-order valence-corrected chi connectivity index (χ2v) is 5.16. The van der Waals surface area contributed by atoms with Gasteiger partial charge in [0.1, 0.15) is 11.5 Å². The maximum absolute atomic E-state index is 13.3. The van der Waals surface area contributed by atoms with Crippen LogP contribution in [-0.4, -0.2) is 32.8 Å². The Balaban J connectivity index is 2.43. The van der Waals surface area contributed by atoms with Gasteiger partial charge in [-0.2, -0.15) is 26.9 Å². The van der Waals surface area contributed by atoms with E-state index in [1.165, 1.54) is 7.11 Å². The van der Waals surface area contributed by atoms with Gasteiger partial charge in [0.05, 0.1) is 25.5 Å². The third kappa shape index (κ3) is 3.59. The average molecular weight is 364 g/mol. The van der Waals surface area contributed by atoms with E-state index in [2.05, 4.69) is 15.0 Å². The highest BCUT2D eigenvalue weighted by Crippen LogP contribution is 2.42. The summed E-state index contributed by atoms with van der Waals surface area (Å²) in [5.41, 5.74) is -1.88. The van der Waals surface area contributed by atoms with Crippen LogP contribution in [0, 0.1) is 13.8 Å². The first-order valence-corrected chi connectivity index (χ1v) is 6.87. The summed E-state index contributed by atoms with van der Waals surface area (Å²) in [5, 5.41) is 0. The van der Waals surface area contributed by atoms with Crippen LogP contribution >= 0.6 is 0 Å². The minimum Gasteiger partial charge on any atom is -0.481 e. The number of aromatic nitrogens is 4. The first-order chi connectivity index (χ1) is 11.5. The average Bonchev–Trinajstić information content (AvgIpc) is 2.49. The predicted octanol–water partition coefficient (Wildman–Crippen LogP) is 2.36. The van der Waals surface area contributed by atoms with E-state index < -0.39 is 23.4 Å². The molecule has 0 unspecified atom stereocenters. The first-order valence-electron chi connectivity index (χ1n) is 6.87. The quantitative estimate of drug-likeness (QED) is 0.779. The van der Waals surface area contributed by atoms with Crippen LogP contribution in [0.1, 0.15) is 22.8 Å². The lowest BCUT2D eigenvalue weighted by molar-refractivity contribution is -0.291. The van der Waals surface area contributed by atoms with Crippen LogP contribution in [0.4, 0.5) is 22.0 Å². The van der Waals surface area contributed by atoms with Crippen molar-refractivity contribution in [3.63, 3.8) is 0 Å². The molecule has 0 amide bonds. The Bertz CT molecular complexity index is 848. The molecule has 0 aliphatic heterocycles. The SMILES string of the molecule is COc1nc(C)nc(C)c1Cn1cnc(C(F)(F)C(F)(F)F)cc1=O. The van der Waals surface area contributed by atoms with Crippen LogP contribution in [0.15, 0.2) is 17.2 Å². The molecule has 2 aromatic heterocycles. The molecule has 0 aliphatic rings. The topological polar surface area (TPSA) is 69.9 Å². The summed E-state index contributed by atoms with van der Waals surface area (Å²) in [6.45, 7) is 3.05. The van der Waals surface area contributed by atoms with Gasteiger partial charge in [-0.05, 0) is 13.8 Å². The van der Waals surface area contributed by atoms with Gasteiger partial charge in [0, 0.05) is 11.8 Å². The standard InChI is InChI=1S/C14H13F5N4O2/c1-7-9(12(25-3)22-8(2)21-7)5-23-6-20-10(4-11(23)24)13(15,16)14(17,18)19/h4,6H,5H2,1-3H3. The maximum Gasteiger partial charge on any atom is 0.459 e. The van der Waals surface area contributed by atoms with E-state index in [9.17, 15) is 26.7 Å². The van der Waals surface area contributed by atoms with Crippen LogP contribution < -0.4 is 10.3 Å². The van der Waals surface area contributed by atoms with Crippen LogP contribution in [0.3, 0.4) is 0 Å². The first kappa shape index (κ1) is 18.7. The van der Waals surface area contributed by atoms with Crippen molar-refractivity contribution in [1.29, 1.82) is 0 Å². The van der Waals surface area contributed by atoms with E-state index in [4.69, 9.17) is 4.74 Å². The zero-order chi connectivity index (χ0) is 19.0. The molecule has 25 heavy (non-hydrogen) atoms. The van der Waals surface area contributed by atoms with Gasteiger partial charge >= 0.3 is 12.1 Å². The number of halogens is 5. The maximum atomic E-state index is 13.3. The summed E-state index contributed by atoms with van der Waals surface area (Å²) in [5.74, 6) is -4.63. The monoisotopic (exact) mass is 364 g/mol. The molecule has 0 saturated carbocycles. The zero-order valence-corrected chi connectivity index (χ0v) is 13.4. The molecule has 2 rings (SSSR count). The van der Waals surface area contributed by atoms with Crippen molar-refractivity contribution >= 4 is 0 Å².